The summed E-state index contributed by atoms with van der Waals surface area (Å²) in [5, 5.41) is 9.02. The molecule has 0 aliphatic rings. The van der Waals surface area contributed by atoms with Gasteiger partial charge in [0, 0.05) is 21.3 Å². The zero-order chi connectivity index (χ0) is 9.56. The Balaban J connectivity index is 4.09. The summed E-state index contributed by atoms with van der Waals surface area (Å²) in [6.45, 7) is 1.85. The van der Waals surface area contributed by atoms with Crippen LogP contribution < -0.4 is 0 Å². The third-order valence-electron chi connectivity index (χ3n) is 2.00. The van der Waals surface area contributed by atoms with Gasteiger partial charge in [0.05, 0.1) is 18.6 Å². The fourth-order valence-electron chi connectivity index (χ4n) is 1.08. The lowest BCUT2D eigenvalue weighted by atomic mass is 10.0. The topological polar surface area (TPSA) is 47.9 Å². The average Bonchev–Trinajstić information content (AvgIpc) is 2.12. The van der Waals surface area contributed by atoms with Gasteiger partial charge < -0.3 is 19.3 Å². The molecule has 2 atom stereocenters. The van der Waals surface area contributed by atoms with E-state index in [0.29, 0.717) is 0 Å². The van der Waals surface area contributed by atoms with Crippen LogP contribution in [-0.4, -0.2) is 45.4 Å². The van der Waals surface area contributed by atoms with Gasteiger partial charge in [0.15, 0.2) is 6.29 Å². The number of hydrogen-bond acceptors (Lipinski definition) is 4. The Morgan fingerprint density at radius 2 is 1.58 bits per heavy atom. The van der Waals surface area contributed by atoms with Crippen molar-refractivity contribution in [3.05, 3.63) is 0 Å². The Bertz CT molecular complexity index is 103. The van der Waals surface area contributed by atoms with Crippen LogP contribution >= 0.6 is 0 Å². The molecule has 0 saturated heterocycles. The number of hydrogen-bond donors (Lipinski definition) is 1. The maximum absolute atomic E-state index is 9.02. The molecule has 12 heavy (non-hydrogen) atoms. The first-order valence-electron chi connectivity index (χ1n) is 3.90. The Kier molecular flexibility index (Phi) is 6.28. The van der Waals surface area contributed by atoms with Gasteiger partial charge in [-0.15, -0.1) is 0 Å². The molecule has 0 spiro atoms. The molecule has 0 bridgehead atoms. The molecule has 0 heterocycles. The third-order valence-corrected chi connectivity index (χ3v) is 2.00. The van der Waals surface area contributed by atoms with Crippen LogP contribution in [0.1, 0.15) is 6.92 Å². The molecule has 0 aliphatic heterocycles. The SMILES string of the molecule is COC(C)C(CO)C(OC)OC. The number of rotatable bonds is 6. The molecule has 0 radical (unpaired) electrons. The summed E-state index contributed by atoms with van der Waals surface area (Å²) >= 11 is 0. The fraction of sp³-hybridized carbons (Fsp3) is 1.00. The van der Waals surface area contributed by atoms with Crippen molar-refractivity contribution in [1.82, 2.24) is 0 Å². The minimum absolute atomic E-state index is 0.0125. The lowest BCUT2D eigenvalue weighted by molar-refractivity contribution is -0.171. The largest absolute Gasteiger partial charge is 0.396 e. The molecule has 0 aromatic rings. The molecule has 0 aromatic carbocycles. The van der Waals surface area contributed by atoms with Crippen molar-refractivity contribution in [3.63, 3.8) is 0 Å². The second-order valence-corrected chi connectivity index (χ2v) is 2.63. The van der Waals surface area contributed by atoms with Crippen LogP contribution in [0.2, 0.25) is 0 Å². The Labute approximate surface area is 73.4 Å². The van der Waals surface area contributed by atoms with Gasteiger partial charge in [-0.05, 0) is 6.92 Å². The van der Waals surface area contributed by atoms with Crippen LogP contribution in [-0.2, 0) is 14.2 Å². The molecule has 0 amide bonds. The van der Waals surface area contributed by atoms with Gasteiger partial charge in [0.25, 0.3) is 0 Å². The number of methoxy groups -OCH3 is 3. The zero-order valence-corrected chi connectivity index (χ0v) is 8.11. The Morgan fingerprint density at radius 1 is 1.08 bits per heavy atom. The second kappa shape index (κ2) is 6.37. The van der Waals surface area contributed by atoms with Gasteiger partial charge >= 0.3 is 0 Å². The summed E-state index contributed by atoms with van der Waals surface area (Å²) in [5.74, 6) is -0.148. The molecule has 0 rings (SSSR count). The van der Waals surface area contributed by atoms with E-state index in [9.17, 15) is 0 Å². The molecule has 0 saturated carbocycles. The van der Waals surface area contributed by atoms with E-state index in [1.165, 1.54) is 0 Å². The van der Waals surface area contributed by atoms with Gasteiger partial charge in [-0.2, -0.15) is 0 Å². The fourth-order valence-corrected chi connectivity index (χ4v) is 1.08. The summed E-state index contributed by atoms with van der Waals surface area (Å²) in [6.07, 6.45) is -0.496. The standard InChI is InChI=1S/C8H18O4/c1-6(10-2)7(5-9)8(11-3)12-4/h6-9H,5H2,1-4H3. The molecule has 1 N–H and O–H groups in total. The van der Waals surface area contributed by atoms with Crippen molar-refractivity contribution in [1.29, 1.82) is 0 Å². The Hall–Kier alpha value is -0.160. The molecule has 74 valence electrons. The van der Waals surface area contributed by atoms with Crippen LogP contribution in [0.15, 0.2) is 0 Å². The van der Waals surface area contributed by atoms with E-state index in [0.717, 1.165) is 0 Å². The summed E-state index contributed by atoms with van der Waals surface area (Å²) in [7, 11) is 4.67. The molecule has 0 aliphatic carbocycles. The van der Waals surface area contributed by atoms with Crippen LogP contribution in [0.3, 0.4) is 0 Å². The number of aliphatic hydroxyl groups excluding tert-OH is 1. The predicted octanol–water partition coefficient (Wildman–Crippen LogP) is 0.249. The van der Waals surface area contributed by atoms with Crippen molar-refractivity contribution in [3.8, 4) is 0 Å². The van der Waals surface area contributed by atoms with Crippen molar-refractivity contribution < 1.29 is 19.3 Å². The van der Waals surface area contributed by atoms with Crippen molar-refractivity contribution in [2.45, 2.75) is 19.3 Å². The molecule has 4 nitrogen and oxygen atoms in total. The van der Waals surface area contributed by atoms with E-state index in [1.54, 1.807) is 21.3 Å². The van der Waals surface area contributed by atoms with E-state index in [-0.39, 0.29) is 18.6 Å². The first kappa shape index (κ1) is 11.8. The predicted molar refractivity (Wildman–Crippen MR) is 44.9 cm³/mol. The highest BCUT2D eigenvalue weighted by Crippen LogP contribution is 2.14. The molecule has 4 heteroatoms. The first-order valence-corrected chi connectivity index (χ1v) is 3.90. The van der Waals surface area contributed by atoms with E-state index >= 15 is 0 Å². The van der Waals surface area contributed by atoms with Crippen LogP contribution in [0.5, 0.6) is 0 Å². The maximum atomic E-state index is 9.02. The van der Waals surface area contributed by atoms with Gasteiger partial charge in [-0.1, -0.05) is 0 Å². The van der Waals surface area contributed by atoms with Crippen LogP contribution in [0.25, 0.3) is 0 Å². The zero-order valence-electron chi connectivity index (χ0n) is 8.11. The normalized spacial score (nSPS) is 16.5. The minimum Gasteiger partial charge on any atom is -0.396 e. The van der Waals surface area contributed by atoms with Crippen molar-refractivity contribution >= 4 is 0 Å². The average molecular weight is 178 g/mol. The summed E-state index contributed by atoms with van der Waals surface area (Å²) in [5.41, 5.74) is 0. The lowest BCUT2D eigenvalue weighted by Crippen LogP contribution is -2.36. The molecule has 0 aromatic heterocycles. The summed E-state index contributed by atoms with van der Waals surface area (Å²) in [6, 6.07) is 0. The Morgan fingerprint density at radius 3 is 1.83 bits per heavy atom. The molecule has 2 unspecified atom stereocenters. The van der Waals surface area contributed by atoms with Gasteiger partial charge in [0.1, 0.15) is 0 Å². The smallest absolute Gasteiger partial charge is 0.164 e. The van der Waals surface area contributed by atoms with E-state index < -0.39 is 6.29 Å². The highest BCUT2D eigenvalue weighted by Gasteiger charge is 2.25. The molecule has 0 fully saturated rings. The highest BCUT2D eigenvalue weighted by atomic mass is 16.7. The monoisotopic (exact) mass is 178 g/mol. The molecular weight excluding hydrogens is 160 g/mol. The summed E-state index contributed by atoms with van der Waals surface area (Å²) in [4.78, 5) is 0. The quantitative estimate of drug-likeness (QED) is 0.592. The van der Waals surface area contributed by atoms with E-state index in [4.69, 9.17) is 19.3 Å². The number of ether oxygens (including phenoxy) is 3. The maximum Gasteiger partial charge on any atom is 0.164 e. The van der Waals surface area contributed by atoms with Gasteiger partial charge in [0.2, 0.25) is 0 Å². The minimum atomic E-state index is -0.412. The highest BCUT2D eigenvalue weighted by molar-refractivity contribution is 4.68. The number of aliphatic hydroxyl groups is 1. The molecular formula is C8H18O4. The van der Waals surface area contributed by atoms with Gasteiger partial charge in [-0.3, -0.25) is 0 Å². The van der Waals surface area contributed by atoms with Crippen LogP contribution in [0, 0.1) is 5.92 Å². The van der Waals surface area contributed by atoms with E-state index in [2.05, 4.69) is 0 Å². The first-order chi connectivity index (χ1) is 5.71. The lowest BCUT2D eigenvalue weighted by Gasteiger charge is -2.27. The summed E-state index contributed by atoms with van der Waals surface area (Å²) < 4.78 is 15.1. The van der Waals surface area contributed by atoms with E-state index in [1.807, 2.05) is 6.92 Å². The van der Waals surface area contributed by atoms with Crippen molar-refractivity contribution in [2.24, 2.45) is 5.92 Å². The van der Waals surface area contributed by atoms with Gasteiger partial charge in [-0.25, -0.2) is 0 Å². The van der Waals surface area contributed by atoms with Crippen LogP contribution in [0.4, 0.5) is 0 Å². The third kappa shape index (κ3) is 3.06. The second-order valence-electron chi connectivity index (χ2n) is 2.63. The van der Waals surface area contributed by atoms with Crippen molar-refractivity contribution in [2.75, 3.05) is 27.9 Å².